The highest BCUT2D eigenvalue weighted by molar-refractivity contribution is 7.09. The zero-order chi connectivity index (χ0) is 20.6. The van der Waals surface area contributed by atoms with Crippen LogP contribution in [0.15, 0.2) is 18.2 Å². The van der Waals surface area contributed by atoms with Gasteiger partial charge in [-0.25, -0.2) is 4.98 Å². The number of carbonyl (C=O) groups is 1. The van der Waals surface area contributed by atoms with Crippen molar-refractivity contribution in [3.05, 3.63) is 29.6 Å². The lowest BCUT2D eigenvalue weighted by Gasteiger charge is -2.22. The van der Waals surface area contributed by atoms with Crippen LogP contribution in [0.25, 0.3) is 0 Å². The standard InChI is InChI=1S/C21H31N3O3S/c1-6-13-26-15-11-10-12-16(27-14-7-2)17(15)18(25)22-20-23-19(24-28-20)21(5,8-3)9-4/h10-12H,6-9,13-14H2,1-5H3,(H,22,23,24,25). The number of carbonyl (C=O) groups excluding carboxylic acids is 1. The first-order valence-corrected chi connectivity index (χ1v) is 10.8. The summed E-state index contributed by atoms with van der Waals surface area (Å²) in [6.45, 7) is 11.5. The molecule has 28 heavy (non-hydrogen) atoms. The highest BCUT2D eigenvalue weighted by Crippen LogP contribution is 2.33. The molecule has 2 rings (SSSR count). The maximum atomic E-state index is 13.0. The number of nitrogens with zero attached hydrogens (tertiary/aromatic N) is 2. The van der Waals surface area contributed by atoms with Gasteiger partial charge < -0.3 is 9.47 Å². The van der Waals surface area contributed by atoms with E-state index in [1.807, 2.05) is 19.9 Å². The van der Waals surface area contributed by atoms with Crippen LogP contribution in [-0.2, 0) is 5.41 Å². The van der Waals surface area contributed by atoms with Gasteiger partial charge >= 0.3 is 0 Å². The van der Waals surface area contributed by atoms with E-state index in [0.717, 1.165) is 31.5 Å². The second kappa shape index (κ2) is 10.4. The van der Waals surface area contributed by atoms with E-state index in [4.69, 9.17) is 9.47 Å². The van der Waals surface area contributed by atoms with Crippen LogP contribution in [0, 0.1) is 0 Å². The van der Waals surface area contributed by atoms with Crippen LogP contribution in [-0.4, -0.2) is 28.5 Å². The van der Waals surface area contributed by atoms with Crippen molar-refractivity contribution in [2.24, 2.45) is 0 Å². The molecule has 0 atom stereocenters. The first-order valence-electron chi connectivity index (χ1n) is 10.0. The predicted molar refractivity (Wildman–Crippen MR) is 114 cm³/mol. The van der Waals surface area contributed by atoms with E-state index in [0.29, 0.717) is 35.4 Å². The number of hydrogen-bond donors (Lipinski definition) is 1. The van der Waals surface area contributed by atoms with Crippen molar-refractivity contribution < 1.29 is 14.3 Å². The van der Waals surface area contributed by atoms with E-state index < -0.39 is 0 Å². The van der Waals surface area contributed by atoms with Gasteiger partial charge in [0.15, 0.2) is 5.82 Å². The minimum atomic E-state index is -0.296. The molecule has 1 aromatic carbocycles. The Morgan fingerprint density at radius 1 is 1.07 bits per heavy atom. The Kier molecular flexibility index (Phi) is 8.23. The number of amides is 1. The molecular formula is C21H31N3O3S. The Bertz CT molecular complexity index is 746. The molecular weight excluding hydrogens is 374 g/mol. The molecule has 0 aliphatic heterocycles. The van der Waals surface area contributed by atoms with E-state index >= 15 is 0 Å². The molecule has 0 bridgehead atoms. The second-order valence-corrected chi connectivity index (χ2v) is 7.72. The molecule has 0 spiro atoms. The quantitative estimate of drug-likeness (QED) is 0.538. The third-order valence-corrected chi connectivity index (χ3v) is 5.52. The molecule has 0 aliphatic carbocycles. The van der Waals surface area contributed by atoms with Crippen LogP contribution in [0.2, 0.25) is 0 Å². The zero-order valence-corrected chi connectivity index (χ0v) is 18.3. The summed E-state index contributed by atoms with van der Waals surface area (Å²) in [4.78, 5) is 17.6. The van der Waals surface area contributed by atoms with Crippen LogP contribution in [0.3, 0.4) is 0 Å². The van der Waals surface area contributed by atoms with Gasteiger partial charge in [0.25, 0.3) is 5.91 Å². The number of hydrogen-bond acceptors (Lipinski definition) is 6. The van der Waals surface area contributed by atoms with Crippen molar-refractivity contribution in [1.29, 1.82) is 0 Å². The molecule has 0 saturated heterocycles. The van der Waals surface area contributed by atoms with E-state index in [-0.39, 0.29) is 11.3 Å². The summed E-state index contributed by atoms with van der Waals surface area (Å²) in [5, 5.41) is 3.36. The molecule has 0 aliphatic rings. The molecule has 7 heteroatoms. The maximum absolute atomic E-state index is 13.0. The number of rotatable bonds is 11. The van der Waals surface area contributed by atoms with Crippen molar-refractivity contribution in [2.75, 3.05) is 18.5 Å². The molecule has 1 amide bonds. The average molecular weight is 406 g/mol. The molecule has 0 unspecified atom stereocenters. The lowest BCUT2D eigenvalue weighted by molar-refractivity contribution is 0.101. The first kappa shape index (κ1) is 22.1. The Hall–Kier alpha value is -2.15. The lowest BCUT2D eigenvalue weighted by Crippen LogP contribution is -2.21. The third kappa shape index (κ3) is 5.22. The van der Waals surface area contributed by atoms with Crippen LogP contribution < -0.4 is 14.8 Å². The highest BCUT2D eigenvalue weighted by atomic mass is 32.1. The largest absolute Gasteiger partial charge is 0.493 e. The second-order valence-electron chi connectivity index (χ2n) is 6.97. The highest BCUT2D eigenvalue weighted by Gasteiger charge is 2.28. The zero-order valence-electron chi connectivity index (χ0n) is 17.5. The van der Waals surface area contributed by atoms with Gasteiger partial charge in [0.05, 0.1) is 13.2 Å². The number of anilines is 1. The molecule has 154 valence electrons. The number of aromatic nitrogens is 2. The summed E-state index contributed by atoms with van der Waals surface area (Å²) >= 11 is 1.20. The summed E-state index contributed by atoms with van der Waals surface area (Å²) in [7, 11) is 0. The van der Waals surface area contributed by atoms with Crippen molar-refractivity contribution in [2.45, 2.75) is 65.7 Å². The average Bonchev–Trinajstić information content (AvgIpc) is 3.18. The lowest BCUT2D eigenvalue weighted by atomic mass is 9.84. The first-order chi connectivity index (χ1) is 13.5. The van der Waals surface area contributed by atoms with E-state index in [2.05, 4.69) is 35.4 Å². The van der Waals surface area contributed by atoms with Crippen LogP contribution in [0.5, 0.6) is 11.5 Å². The van der Waals surface area contributed by atoms with Gasteiger partial charge in [-0.2, -0.15) is 4.37 Å². The SMILES string of the molecule is CCCOc1cccc(OCCC)c1C(=O)Nc1nc(C(C)(CC)CC)ns1. The Morgan fingerprint density at radius 3 is 2.14 bits per heavy atom. The molecule has 2 aromatic rings. The van der Waals surface area contributed by atoms with Crippen molar-refractivity contribution >= 4 is 22.6 Å². The van der Waals surface area contributed by atoms with Gasteiger partial charge in [-0.05, 0) is 37.8 Å². The van der Waals surface area contributed by atoms with Crippen molar-refractivity contribution in [1.82, 2.24) is 9.36 Å². The predicted octanol–water partition coefficient (Wildman–Crippen LogP) is 5.45. The number of ether oxygens (including phenoxy) is 2. The monoisotopic (exact) mass is 405 g/mol. The smallest absolute Gasteiger partial charge is 0.265 e. The Morgan fingerprint density at radius 2 is 1.64 bits per heavy atom. The van der Waals surface area contributed by atoms with Crippen LogP contribution >= 0.6 is 11.5 Å². The van der Waals surface area contributed by atoms with E-state index in [9.17, 15) is 4.79 Å². The Labute approximate surface area is 171 Å². The fourth-order valence-corrected chi connectivity index (χ4v) is 3.34. The van der Waals surface area contributed by atoms with Gasteiger partial charge in [-0.1, -0.05) is 40.7 Å². The van der Waals surface area contributed by atoms with Crippen LogP contribution in [0.4, 0.5) is 5.13 Å². The number of nitrogens with one attached hydrogen (secondary N) is 1. The summed E-state index contributed by atoms with van der Waals surface area (Å²) in [6, 6.07) is 5.42. The molecule has 1 heterocycles. The van der Waals surface area contributed by atoms with Gasteiger partial charge in [-0.3, -0.25) is 10.1 Å². The summed E-state index contributed by atoms with van der Waals surface area (Å²) < 4.78 is 16.0. The molecule has 6 nitrogen and oxygen atoms in total. The minimum Gasteiger partial charge on any atom is -0.493 e. The van der Waals surface area contributed by atoms with Gasteiger partial charge in [-0.15, -0.1) is 0 Å². The third-order valence-electron chi connectivity index (χ3n) is 4.89. The number of benzene rings is 1. The Balaban J connectivity index is 2.28. The summed E-state index contributed by atoms with van der Waals surface area (Å²) in [5.41, 5.74) is 0.312. The fourth-order valence-electron chi connectivity index (χ4n) is 2.64. The van der Waals surface area contributed by atoms with Crippen LogP contribution in [0.1, 0.15) is 76.5 Å². The van der Waals surface area contributed by atoms with Crippen molar-refractivity contribution in [3.8, 4) is 11.5 Å². The molecule has 0 radical (unpaired) electrons. The van der Waals surface area contributed by atoms with Gasteiger partial charge in [0.2, 0.25) is 5.13 Å². The summed E-state index contributed by atoms with van der Waals surface area (Å²) in [6.07, 6.45) is 3.59. The van der Waals surface area contributed by atoms with E-state index in [1.165, 1.54) is 11.5 Å². The molecule has 0 saturated carbocycles. The molecule has 1 N–H and O–H groups in total. The minimum absolute atomic E-state index is 0.0863. The van der Waals surface area contributed by atoms with Crippen molar-refractivity contribution in [3.63, 3.8) is 0 Å². The summed E-state index contributed by atoms with van der Waals surface area (Å²) in [5.74, 6) is 1.51. The normalized spacial score (nSPS) is 11.3. The maximum Gasteiger partial charge on any atom is 0.265 e. The van der Waals surface area contributed by atoms with Gasteiger partial charge in [0, 0.05) is 16.9 Å². The fraction of sp³-hybridized carbons (Fsp3) is 0.571. The van der Waals surface area contributed by atoms with Gasteiger partial charge in [0.1, 0.15) is 17.1 Å². The molecule has 1 aromatic heterocycles. The molecule has 0 fully saturated rings. The topological polar surface area (TPSA) is 73.3 Å². The van der Waals surface area contributed by atoms with E-state index in [1.54, 1.807) is 12.1 Å².